The van der Waals surface area contributed by atoms with Gasteiger partial charge in [0.1, 0.15) is 23.1 Å². The summed E-state index contributed by atoms with van der Waals surface area (Å²) in [6.45, 7) is 4.05. The average Bonchev–Trinajstić information content (AvgIpc) is 2.60. The lowest BCUT2D eigenvalue weighted by molar-refractivity contribution is -0.114. The number of ether oxygens (including phenoxy) is 2. The van der Waals surface area contributed by atoms with Crippen molar-refractivity contribution < 1.29 is 14.3 Å². The normalized spacial score (nSPS) is 10.3. The first kappa shape index (κ1) is 18.5. The largest absolute Gasteiger partial charge is 0.497 e. The number of carbonyl (C=O) groups is 1. The lowest BCUT2D eigenvalue weighted by Crippen LogP contribution is -2.31. The van der Waals surface area contributed by atoms with Crippen LogP contribution in [0, 0.1) is 6.92 Å². The smallest absolute Gasteiger partial charge is 0.243 e. The molecule has 0 aliphatic heterocycles. The summed E-state index contributed by atoms with van der Waals surface area (Å²) in [5.41, 5.74) is 1.56. The Bertz CT molecular complexity index is 727. The molecule has 0 unspecified atom stereocenters. The number of likely N-dealkylation sites (N-methyl/N-ethyl adjacent to an activating group) is 1. The van der Waals surface area contributed by atoms with Crippen molar-refractivity contribution in [2.24, 2.45) is 0 Å². The predicted octanol–water partition coefficient (Wildman–Crippen LogP) is 2.44. The van der Waals surface area contributed by atoms with E-state index >= 15 is 0 Å². The van der Waals surface area contributed by atoms with Crippen LogP contribution in [0.3, 0.4) is 0 Å². The minimum absolute atomic E-state index is 0.160. The highest BCUT2D eigenvalue weighted by Gasteiger charge is 2.12. The molecule has 0 saturated carbocycles. The zero-order valence-electron chi connectivity index (χ0n) is 15.3. The molecule has 0 aliphatic rings. The van der Waals surface area contributed by atoms with Crippen molar-refractivity contribution in [2.75, 3.05) is 38.0 Å². The van der Waals surface area contributed by atoms with Crippen molar-refractivity contribution in [3.05, 3.63) is 35.8 Å². The molecule has 7 heteroatoms. The van der Waals surface area contributed by atoms with Crippen molar-refractivity contribution in [3.63, 3.8) is 0 Å². The van der Waals surface area contributed by atoms with Gasteiger partial charge in [0, 0.05) is 42.7 Å². The highest BCUT2D eigenvalue weighted by Crippen LogP contribution is 2.25. The van der Waals surface area contributed by atoms with E-state index in [1.54, 1.807) is 37.3 Å². The van der Waals surface area contributed by atoms with Crippen LogP contribution in [0.4, 0.5) is 11.5 Å². The van der Waals surface area contributed by atoms with E-state index in [4.69, 9.17) is 9.47 Å². The van der Waals surface area contributed by atoms with Gasteiger partial charge in [0.2, 0.25) is 5.91 Å². The number of hydrogen-bond donors (Lipinski definition) is 1. The molecule has 7 nitrogen and oxygen atoms in total. The molecular weight excluding hydrogens is 320 g/mol. The zero-order valence-corrected chi connectivity index (χ0v) is 15.3. The second kappa shape index (κ2) is 8.32. The molecule has 134 valence electrons. The van der Waals surface area contributed by atoms with E-state index in [0.717, 1.165) is 17.9 Å². The Morgan fingerprint density at radius 2 is 1.76 bits per heavy atom. The van der Waals surface area contributed by atoms with Gasteiger partial charge in [-0.25, -0.2) is 9.97 Å². The van der Waals surface area contributed by atoms with Crippen LogP contribution in [0.5, 0.6) is 11.5 Å². The second-order valence-electron chi connectivity index (χ2n) is 5.62. The minimum atomic E-state index is -0.160. The van der Waals surface area contributed by atoms with Crippen molar-refractivity contribution in [1.82, 2.24) is 9.97 Å². The monoisotopic (exact) mass is 344 g/mol. The van der Waals surface area contributed by atoms with Crippen molar-refractivity contribution in [1.29, 1.82) is 0 Å². The summed E-state index contributed by atoms with van der Waals surface area (Å²) in [7, 11) is 4.96. The number of hydrogen-bond acceptors (Lipinski definition) is 6. The maximum atomic E-state index is 12.4. The van der Waals surface area contributed by atoms with Gasteiger partial charge in [-0.3, -0.25) is 4.79 Å². The number of anilines is 2. The number of carbonyl (C=O) groups excluding carboxylic acids is 1. The third kappa shape index (κ3) is 5.07. The fourth-order valence-corrected chi connectivity index (χ4v) is 2.37. The number of aryl methyl sites for hydroxylation is 2. The maximum absolute atomic E-state index is 12.4. The summed E-state index contributed by atoms with van der Waals surface area (Å²) in [4.78, 5) is 22.9. The fraction of sp³-hybridized carbons (Fsp3) is 0.389. The molecule has 25 heavy (non-hydrogen) atoms. The zero-order chi connectivity index (χ0) is 18.4. The van der Waals surface area contributed by atoms with Gasteiger partial charge < -0.3 is 19.7 Å². The van der Waals surface area contributed by atoms with Crippen molar-refractivity contribution in [3.8, 4) is 11.5 Å². The molecule has 1 N–H and O–H groups in total. The molecule has 0 radical (unpaired) electrons. The van der Waals surface area contributed by atoms with Gasteiger partial charge in [0.05, 0.1) is 20.8 Å². The van der Waals surface area contributed by atoms with Crippen LogP contribution >= 0.6 is 0 Å². The topological polar surface area (TPSA) is 76.6 Å². The highest BCUT2D eigenvalue weighted by atomic mass is 16.5. The Labute approximate surface area is 148 Å². The molecule has 0 spiro atoms. The van der Waals surface area contributed by atoms with Crippen LogP contribution < -0.4 is 19.7 Å². The maximum Gasteiger partial charge on any atom is 0.243 e. The Morgan fingerprint density at radius 1 is 1.12 bits per heavy atom. The van der Waals surface area contributed by atoms with Crippen LogP contribution in [0.15, 0.2) is 24.3 Å². The number of aromatic nitrogens is 2. The Hall–Kier alpha value is -2.83. The van der Waals surface area contributed by atoms with Gasteiger partial charge >= 0.3 is 0 Å². The molecule has 0 atom stereocenters. The molecule has 1 heterocycles. The van der Waals surface area contributed by atoms with Crippen LogP contribution in [-0.2, 0) is 11.2 Å². The number of nitrogens with one attached hydrogen (secondary N) is 1. The molecule has 1 amide bonds. The SMILES string of the molecule is CCc1cc(N(C)CC(=O)Nc2cc(OC)cc(OC)c2)nc(C)n1. The van der Waals surface area contributed by atoms with Gasteiger partial charge in [-0.05, 0) is 13.3 Å². The van der Waals surface area contributed by atoms with E-state index in [-0.39, 0.29) is 12.5 Å². The molecule has 2 rings (SSSR count). The number of benzene rings is 1. The molecule has 0 saturated heterocycles. The van der Waals surface area contributed by atoms with Crippen LogP contribution in [0.2, 0.25) is 0 Å². The van der Waals surface area contributed by atoms with Crippen molar-refractivity contribution >= 4 is 17.4 Å². The van der Waals surface area contributed by atoms with Gasteiger partial charge in [-0.1, -0.05) is 6.92 Å². The van der Waals surface area contributed by atoms with E-state index in [1.165, 1.54) is 0 Å². The number of rotatable bonds is 7. The first-order valence-corrected chi connectivity index (χ1v) is 8.03. The third-order valence-electron chi connectivity index (χ3n) is 3.65. The summed E-state index contributed by atoms with van der Waals surface area (Å²) >= 11 is 0. The van der Waals surface area contributed by atoms with E-state index in [2.05, 4.69) is 15.3 Å². The summed E-state index contributed by atoms with van der Waals surface area (Å²) in [6, 6.07) is 7.13. The third-order valence-corrected chi connectivity index (χ3v) is 3.65. The Kier molecular flexibility index (Phi) is 6.16. The lowest BCUT2D eigenvalue weighted by Gasteiger charge is -2.19. The summed E-state index contributed by atoms with van der Waals surface area (Å²) in [5, 5.41) is 2.85. The van der Waals surface area contributed by atoms with Gasteiger partial charge in [0.15, 0.2) is 0 Å². The molecule has 0 fully saturated rings. The van der Waals surface area contributed by atoms with Crippen LogP contribution in [0.1, 0.15) is 18.4 Å². The number of nitrogens with zero attached hydrogens (tertiary/aromatic N) is 3. The second-order valence-corrected chi connectivity index (χ2v) is 5.62. The minimum Gasteiger partial charge on any atom is -0.497 e. The molecule has 0 aliphatic carbocycles. The van der Waals surface area contributed by atoms with Gasteiger partial charge in [-0.15, -0.1) is 0 Å². The van der Waals surface area contributed by atoms with Crippen LogP contribution in [0.25, 0.3) is 0 Å². The molecule has 2 aromatic rings. The van der Waals surface area contributed by atoms with E-state index in [1.807, 2.05) is 27.0 Å². The lowest BCUT2D eigenvalue weighted by atomic mass is 10.2. The summed E-state index contributed by atoms with van der Waals surface area (Å²) in [5.74, 6) is 2.48. The number of amides is 1. The Morgan fingerprint density at radius 3 is 2.32 bits per heavy atom. The highest BCUT2D eigenvalue weighted by molar-refractivity contribution is 5.94. The van der Waals surface area contributed by atoms with E-state index in [9.17, 15) is 4.79 Å². The first-order chi connectivity index (χ1) is 11.9. The number of methoxy groups -OCH3 is 2. The predicted molar refractivity (Wildman–Crippen MR) is 97.6 cm³/mol. The van der Waals surface area contributed by atoms with Crippen molar-refractivity contribution in [2.45, 2.75) is 20.3 Å². The Balaban J connectivity index is 2.08. The van der Waals surface area contributed by atoms with Gasteiger partial charge in [-0.2, -0.15) is 0 Å². The summed E-state index contributed by atoms with van der Waals surface area (Å²) < 4.78 is 10.4. The fourth-order valence-electron chi connectivity index (χ4n) is 2.37. The van der Waals surface area contributed by atoms with E-state index < -0.39 is 0 Å². The molecule has 1 aromatic carbocycles. The standard InChI is InChI=1S/C18H24N4O3/c1-6-13-9-17(20-12(2)19-13)22(3)11-18(23)21-14-7-15(24-4)10-16(8-14)25-5/h7-10H,6,11H2,1-5H3,(H,21,23). The quantitative estimate of drug-likeness (QED) is 0.831. The molecular formula is C18H24N4O3. The summed E-state index contributed by atoms with van der Waals surface area (Å²) in [6.07, 6.45) is 0.819. The average molecular weight is 344 g/mol. The van der Waals surface area contributed by atoms with E-state index in [0.29, 0.717) is 23.0 Å². The molecule has 0 bridgehead atoms. The van der Waals surface area contributed by atoms with Crippen LogP contribution in [-0.4, -0.2) is 43.7 Å². The first-order valence-electron chi connectivity index (χ1n) is 8.03. The van der Waals surface area contributed by atoms with Gasteiger partial charge in [0.25, 0.3) is 0 Å². The molecule has 1 aromatic heterocycles.